The van der Waals surface area contributed by atoms with E-state index in [2.05, 4.69) is 13.2 Å². The molecular weight excluding hydrogens is 472 g/mol. The highest BCUT2D eigenvalue weighted by atomic mass is 16.6. The number of likely N-dealkylation sites (tertiary alicyclic amines) is 1. The van der Waals surface area contributed by atoms with E-state index in [0.29, 0.717) is 25.8 Å². The number of aliphatic hydroxyl groups is 1. The fourth-order valence-corrected chi connectivity index (χ4v) is 6.41. The molecule has 37 heavy (non-hydrogen) atoms. The number of carbonyl (C=O) groups is 3. The first-order valence-electron chi connectivity index (χ1n) is 13.2. The Morgan fingerprint density at radius 2 is 2.03 bits per heavy atom. The molecule has 0 aliphatic carbocycles. The summed E-state index contributed by atoms with van der Waals surface area (Å²) in [6.45, 7) is 11.8. The number of aliphatic hydroxyl groups excluding tert-OH is 1. The molecule has 1 aromatic rings. The second-order valence-electron chi connectivity index (χ2n) is 10.3. The summed E-state index contributed by atoms with van der Waals surface area (Å²) >= 11 is 0. The van der Waals surface area contributed by atoms with Crippen molar-refractivity contribution in [3.05, 3.63) is 61.2 Å². The van der Waals surface area contributed by atoms with Crippen LogP contribution in [0.1, 0.15) is 38.7 Å². The lowest BCUT2D eigenvalue weighted by molar-refractivity contribution is -0.156. The normalized spacial score (nSPS) is 29.5. The van der Waals surface area contributed by atoms with Gasteiger partial charge < -0.3 is 24.4 Å². The van der Waals surface area contributed by atoms with Crippen LogP contribution in [0.5, 0.6) is 0 Å². The van der Waals surface area contributed by atoms with E-state index in [1.807, 2.05) is 44.2 Å². The van der Waals surface area contributed by atoms with Crippen molar-refractivity contribution in [3.63, 3.8) is 0 Å². The van der Waals surface area contributed by atoms with Crippen LogP contribution in [0.3, 0.4) is 0 Å². The summed E-state index contributed by atoms with van der Waals surface area (Å²) < 4.78 is 11.8. The molecule has 4 rings (SSSR count). The molecule has 200 valence electrons. The van der Waals surface area contributed by atoms with E-state index in [4.69, 9.17) is 9.47 Å². The standard InChI is InChI=1S/C29H38N2O6/c1-5-15-30(17-20-11-9-8-10-12-20)27(34)25-29-14-13-22(37-29)23(28(35)36-16-6-2)24(29)26(33)31(25)21(18-32)19(4)7-3/h5-6,8-12,19,21-25,32H,1-2,7,13-18H2,3-4H3/t19-,21-,22+,23-,24-,25?,29?/m0/s1. The van der Waals surface area contributed by atoms with Crippen LogP contribution in [0.4, 0.5) is 0 Å². The highest BCUT2D eigenvalue weighted by Gasteiger charge is 2.75. The lowest BCUT2D eigenvalue weighted by atomic mass is 9.70. The number of carbonyl (C=O) groups excluding carboxylic acids is 3. The molecule has 3 saturated heterocycles. The van der Waals surface area contributed by atoms with Crippen LogP contribution in [0.15, 0.2) is 55.6 Å². The predicted molar refractivity (Wildman–Crippen MR) is 138 cm³/mol. The lowest BCUT2D eigenvalue weighted by Crippen LogP contribution is -2.59. The summed E-state index contributed by atoms with van der Waals surface area (Å²) in [6.07, 6.45) is 4.42. The number of ether oxygens (including phenoxy) is 2. The monoisotopic (exact) mass is 510 g/mol. The van der Waals surface area contributed by atoms with Crippen LogP contribution >= 0.6 is 0 Å². The zero-order valence-corrected chi connectivity index (χ0v) is 21.8. The highest BCUT2D eigenvalue weighted by molar-refractivity contribution is 5.98. The number of nitrogens with zero attached hydrogens (tertiary/aromatic N) is 2. The van der Waals surface area contributed by atoms with Gasteiger partial charge in [0.15, 0.2) is 0 Å². The molecule has 8 nitrogen and oxygen atoms in total. The van der Waals surface area contributed by atoms with E-state index in [-0.39, 0.29) is 37.5 Å². The SMILES string of the molecule is C=CCOC(=O)[C@@H]1[C@H]2C(=O)N([C@@H](CO)[C@@H](C)CC)C(C(=O)N(CC=C)Cc3ccccc3)C23CC[C@H]1O3. The number of benzene rings is 1. The molecule has 1 N–H and O–H groups in total. The molecule has 1 aromatic carbocycles. The summed E-state index contributed by atoms with van der Waals surface area (Å²) in [6, 6.07) is 8.10. The van der Waals surface area contributed by atoms with Crippen LogP contribution in [0.2, 0.25) is 0 Å². The van der Waals surface area contributed by atoms with Gasteiger partial charge in [-0.15, -0.1) is 6.58 Å². The van der Waals surface area contributed by atoms with Gasteiger partial charge in [-0.2, -0.15) is 0 Å². The van der Waals surface area contributed by atoms with Crippen molar-refractivity contribution in [2.75, 3.05) is 19.8 Å². The average molecular weight is 511 g/mol. The van der Waals surface area contributed by atoms with E-state index in [9.17, 15) is 19.5 Å². The maximum atomic E-state index is 14.4. The number of rotatable bonds is 12. The summed E-state index contributed by atoms with van der Waals surface area (Å²) in [5.41, 5.74) is -0.195. The Labute approximate surface area is 218 Å². The van der Waals surface area contributed by atoms with E-state index in [0.717, 1.165) is 5.56 Å². The van der Waals surface area contributed by atoms with E-state index >= 15 is 0 Å². The zero-order valence-electron chi connectivity index (χ0n) is 21.8. The molecule has 8 heteroatoms. The van der Waals surface area contributed by atoms with Gasteiger partial charge in [-0.3, -0.25) is 14.4 Å². The van der Waals surface area contributed by atoms with Crippen LogP contribution in [-0.2, 0) is 30.4 Å². The van der Waals surface area contributed by atoms with Crippen LogP contribution in [-0.4, -0.2) is 76.2 Å². The summed E-state index contributed by atoms with van der Waals surface area (Å²) in [7, 11) is 0. The summed E-state index contributed by atoms with van der Waals surface area (Å²) in [5.74, 6) is -2.78. The van der Waals surface area contributed by atoms with Crippen molar-refractivity contribution >= 4 is 17.8 Å². The Kier molecular flexibility index (Phi) is 8.19. The topological polar surface area (TPSA) is 96.4 Å². The molecule has 2 bridgehead atoms. The van der Waals surface area contributed by atoms with Crippen molar-refractivity contribution in [3.8, 4) is 0 Å². The van der Waals surface area contributed by atoms with Gasteiger partial charge in [0, 0.05) is 13.1 Å². The first-order valence-corrected chi connectivity index (χ1v) is 13.2. The molecule has 0 radical (unpaired) electrons. The van der Waals surface area contributed by atoms with Gasteiger partial charge in [0.05, 0.1) is 30.6 Å². The van der Waals surface area contributed by atoms with Crippen LogP contribution in [0.25, 0.3) is 0 Å². The highest BCUT2D eigenvalue weighted by Crippen LogP contribution is 2.59. The summed E-state index contributed by atoms with van der Waals surface area (Å²) in [5, 5.41) is 10.4. The van der Waals surface area contributed by atoms with Gasteiger partial charge in [-0.1, -0.05) is 69.3 Å². The largest absolute Gasteiger partial charge is 0.461 e. The molecule has 2 unspecified atom stereocenters. The molecule has 3 fully saturated rings. The number of hydrogen-bond acceptors (Lipinski definition) is 6. The zero-order chi connectivity index (χ0) is 26.7. The maximum absolute atomic E-state index is 14.4. The Balaban J connectivity index is 1.77. The lowest BCUT2D eigenvalue weighted by Gasteiger charge is -2.41. The Morgan fingerprint density at radius 3 is 2.65 bits per heavy atom. The fraction of sp³-hybridized carbons (Fsp3) is 0.552. The number of hydrogen-bond donors (Lipinski definition) is 1. The smallest absolute Gasteiger partial charge is 0.312 e. The molecule has 7 atom stereocenters. The van der Waals surface area contributed by atoms with Gasteiger partial charge in [-0.25, -0.2) is 0 Å². The first-order chi connectivity index (χ1) is 17.8. The van der Waals surface area contributed by atoms with E-state index in [1.54, 1.807) is 11.0 Å². The molecule has 1 spiro atoms. The van der Waals surface area contributed by atoms with Gasteiger partial charge in [0.25, 0.3) is 0 Å². The second kappa shape index (κ2) is 11.2. The molecular formula is C29H38N2O6. The minimum absolute atomic E-state index is 0.0400. The predicted octanol–water partition coefficient (Wildman–Crippen LogP) is 2.71. The fourth-order valence-electron chi connectivity index (χ4n) is 6.41. The quantitative estimate of drug-likeness (QED) is 0.343. The van der Waals surface area contributed by atoms with Gasteiger partial charge in [0.1, 0.15) is 18.2 Å². The third kappa shape index (κ3) is 4.61. The minimum atomic E-state index is -1.15. The van der Waals surface area contributed by atoms with Gasteiger partial charge >= 0.3 is 5.97 Å². The Bertz CT molecular complexity index is 1030. The Hall–Kier alpha value is -2.97. The number of esters is 1. The van der Waals surface area contributed by atoms with Crippen molar-refractivity contribution in [1.82, 2.24) is 9.80 Å². The van der Waals surface area contributed by atoms with Gasteiger partial charge in [0.2, 0.25) is 11.8 Å². The van der Waals surface area contributed by atoms with Gasteiger partial charge in [-0.05, 0) is 24.3 Å². The molecule has 2 amide bonds. The maximum Gasteiger partial charge on any atom is 0.312 e. The molecule has 3 aliphatic heterocycles. The second-order valence-corrected chi connectivity index (χ2v) is 10.3. The van der Waals surface area contributed by atoms with Crippen molar-refractivity contribution < 1.29 is 29.0 Å². The molecule has 3 heterocycles. The minimum Gasteiger partial charge on any atom is -0.461 e. The van der Waals surface area contributed by atoms with Crippen LogP contribution in [0, 0.1) is 17.8 Å². The summed E-state index contributed by atoms with van der Waals surface area (Å²) in [4.78, 5) is 44.9. The van der Waals surface area contributed by atoms with Crippen molar-refractivity contribution in [2.45, 2.75) is 63.4 Å². The van der Waals surface area contributed by atoms with Crippen molar-refractivity contribution in [1.29, 1.82) is 0 Å². The molecule has 3 aliphatic rings. The third-order valence-corrected chi connectivity index (χ3v) is 8.31. The third-order valence-electron chi connectivity index (χ3n) is 8.31. The number of amides is 2. The van der Waals surface area contributed by atoms with Crippen LogP contribution < -0.4 is 0 Å². The van der Waals surface area contributed by atoms with E-state index in [1.165, 1.54) is 11.0 Å². The number of fused-ring (bicyclic) bond motifs is 1. The first kappa shape index (κ1) is 27.1. The average Bonchev–Trinajstić information content (AvgIpc) is 3.55. The molecule has 0 saturated carbocycles. The van der Waals surface area contributed by atoms with E-state index < -0.39 is 41.6 Å². The molecule has 0 aromatic heterocycles. The van der Waals surface area contributed by atoms with Crippen molar-refractivity contribution in [2.24, 2.45) is 17.8 Å². The Morgan fingerprint density at radius 1 is 1.30 bits per heavy atom.